The molecule has 0 bridgehead atoms. The number of carboxylic acid groups (broad SMARTS) is 1. The summed E-state index contributed by atoms with van der Waals surface area (Å²) in [6.07, 6.45) is 0. The summed E-state index contributed by atoms with van der Waals surface area (Å²) in [5, 5.41) is 11.8. The van der Waals surface area contributed by atoms with Gasteiger partial charge in [0.2, 0.25) is 11.6 Å². The monoisotopic (exact) mass is 354 g/mol. The summed E-state index contributed by atoms with van der Waals surface area (Å²) in [4.78, 5) is 25.5. The highest BCUT2D eigenvalue weighted by atomic mass is 32.1. The molecule has 24 heavy (non-hydrogen) atoms. The van der Waals surface area contributed by atoms with Crippen molar-refractivity contribution in [1.29, 1.82) is 0 Å². The molecule has 1 rings (SSSR count). The van der Waals surface area contributed by atoms with Gasteiger partial charge in [0.15, 0.2) is 0 Å². The minimum Gasteiger partial charge on any atom is -0.478 e. The second-order valence-corrected chi connectivity index (χ2v) is 6.25. The molecule has 0 saturated carbocycles. The first kappa shape index (κ1) is 20.3. The van der Waals surface area contributed by atoms with Crippen LogP contribution in [0.4, 0.5) is 5.69 Å². The predicted molar refractivity (Wildman–Crippen MR) is 97.4 cm³/mol. The van der Waals surface area contributed by atoms with E-state index in [2.05, 4.69) is 29.8 Å². The Kier molecular flexibility index (Phi) is 7.57. The van der Waals surface area contributed by atoms with Crippen LogP contribution in [0.2, 0.25) is 0 Å². The Morgan fingerprint density at radius 3 is 2.42 bits per heavy atom. The average molecular weight is 354 g/mol. The first-order valence-electron chi connectivity index (χ1n) is 7.83. The Balaban J connectivity index is 2.76. The minimum atomic E-state index is -1.78. The number of carbonyl (C=O) groups excluding carboxylic acids is 1. The lowest BCUT2D eigenvalue weighted by Crippen LogP contribution is -2.55. The van der Waals surface area contributed by atoms with Crippen molar-refractivity contribution < 1.29 is 19.4 Å². The molecule has 1 amide bonds. The van der Waals surface area contributed by atoms with E-state index in [1.165, 1.54) is 6.92 Å². The van der Waals surface area contributed by atoms with Crippen LogP contribution >= 0.6 is 12.6 Å². The Labute approximate surface area is 148 Å². The van der Waals surface area contributed by atoms with Crippen molar-refractivity contribution in [2.24, 2.45) is 5.92 Å². The second-order valence-electron chi connectivity index (χ2n) is 5.88. The van der Waals surface area contributed by atoms with Crippen molar-refractivity contribution in [3.8, 4) is 0 Å². The third-order valence-electron chi connectivity index (χ3n) is 3.87. The molecule has 0 radical (unpaired) electrons. The molecule has 1 aromatic carbocycles. The average Bonchev–Trinajstić information content (AvgIpc) is 2.58. The highest BCUT2D eigenvalue weighted by Gasteiger charge is 2.37. The van der Waals surface area contributed by atoms with E-state index < -0.39 is 23.5 Å². The number of carboxylic acids is 1. The van der Waals surface area contributed by atoms with Crippen molar-refractivity contribution >= 4 is 30.2 Å². The first-order valence-corrected chi connectivity index (χ1v) is 8.47. The lowest BCUT2D eigenvalue weighted by atomic mass is 10.1. The minimum absolute atomic E-state index is 0.0778. The molecule has 2 atom stereocenters. The molecule has 0 aliphatic rings. The van der Waals surface area contributed by atoms with Gasteiger partial charge in [-0.05, 0) is 31.5 Å². The van der Waals surface area contributed by atoms with Crippen molar-refractivity contribution in [2.45, 2.75) is 33.1 Å². The summed E-state index contributed by atoms with van der Waals surface area (Å²) in [5.74, 6) is -1.73. The van der Waals surface area contributed by atoms with Gasteiger partial charge in [0.05, 0.1) is 6.61 Å². The maximum Gasteiger partial charge on any atom is 0.357 e. The number of nitrogens with one attached hydrogen (secondary N) is 1. The summed E-state index contributed by atoms with van der Waals surface area (Å²) >= 11 is 4.05. The highest BCUT2D eigenvalue weighted by molar-refractivity contribution is 7.80. The number of thiol groups is 1. The molecule has 1 unspecified atom stereocenters. The van der Waals surface area contributed by atoms with Crippen molar-refractivity contribution in [2.75, 3.05) is 24.2 Å². The van der Waals surface area contributed by atoms with E-state index in [1.807, 2.05) is 31.3 Å². The van der Waals surface area contributed by atoms with Crippen molar-refractivity contribution in [1.82, 2.24) is 5.32 Å². The van der Waals surface area contributed by atoms with E-state index in [0.29, 0.717) is 5.75 Å². The normalized spacial score (nSPS) is 14.5. The molecule has 6 nitrogen and oxygen atoms in total. The third-order valence-corrected chi connectivity index (χ3v) is 4.42. The van der Waals surface area contributed by atoms with Gasteiger partial charge in [0.25, 0.3) is 0 Å². The zero-order valence-corrected chi connectivity index (χ0v) is 15.5. The number of ether oxygens (including phenoxy) is 1. The molecule has 0 heterocycles. The Hall–Kier alpha value is -1.73. The van der Waals surface area contributed by atoms with Gasteiger partial charge >= 0.3 is 5.97 Å². The third kappa shape index (κ3) is 5.42. The van der Waals surface area contributed by atoms with Crippen LogP contribution in [0.15, 0.2) is 24.3 Å². The fraction of sp³-hybridized carbons (Fsp3) is 0.529. The number of anilines is 1. The fourth-order valence-electron chi connectivity index (χ4n) is 1.85. The molecule has 0 aliphatic heterocycles. The van der Waals surface area contributed by atoms with Gasteiger partial charge in [-0.15, -0.1) is 0 Å². The standard InChI is InChI=1S/C17H26N2O4S/c1-5-19(4)14-8-6-13(7-9-14)10-23-17(3,16(21)22)18-15(20)12(2)11-24/h6-9,12,24H,5,10-11H2,1-4H3,(H,18,20)(H,21,22)/t12?,17-/m0/s1. The lowest BCUT2D eigenvalue weighted by molar-refractivity contribution is -0.174. The van der Waals surface area contributed by atoms with E-state index in [-0.39, 0.29) is 6.61 Å². The number of hydrogen-bond acceptors (Lipinski definition) is 5. The number of hydrogen-bond donors (Lipinski definition) is 3. The second kappa shape index (κ2) is 8.94. The molecule has 0 aromatic heterocycles. The molecule has 134 valence electrons. The lowest BCUT2D eigenvalue weighted by Gasteiger charge is -2.28. The zero-order valence-electron chi connectivity index (χ0n) is 14.6. The Morgan fingerprint density at radius 1 is 1.38 bits per heavy atom. The van der Waals surface area contributed by atoms with Gasteiger partial charge in [-0.3, -0.25) is 4.79 Å². The summed E-state index contributed by atoms with van der Waals surface area (Å²) in [6.45, 7) is 6.03. The molecule has 1 aromatic rings. The number of benzene rings is 1. The van der Waals surface area contributed by atoms with E-state index in [0.717, 1.165) is 17.8 Å². The number of rotatable bonds is 9. The SMILES string of the molecule is CCN(C)c1ccc(CO[C@](C)(NC(=O)C(C)CS)C(=O)O)cc1. The van der Waals surface area contributed by atoms with Gasteiger partial charge in [0, 0.05) is 31.0 Å². The molecule has 0 fully saturated rings. The molecule has 2 N–H and O–H groups in total. The van der Waals surface area contributed by atoms with Gasteiger partial charge < -0.3 is 20.1 Å². The molecule has 0 aliphatic carbocycles. The molecule has 0 spiro atoms. The Morgan fingerprint density at radius 2 is 1.96 bits per heavy atom. The number of carbonyl (C=O) groups is 2. The van der Waals surface area contributed by atoms with Gasteiger partial charge in [-0.1, -0.05) is 19.1 Å². The number of amides is 1. The van der Waals surface area contributed by atoms with Crippen LogP contribution in [0.3, 0.4) is 0 Å². The maximum atomic E-state index is 11.9. The fourth-order valence-corrected chi connectivity index (χ4v) is 2.02. The van der Waals surface area contributed by atoms with Crippen LogP contribution < -0.4 is 10.2 Å². The highest BCUT2D eigenvalue weighted by Crippen LogP contribution is 2.17. The van der Waals surface area contributed by atoms with Crippen LogP contribution in [-0.4, -0.2) is 42.1 Å². The summed E-state index contributed by atoms with van der Waals surface area (Å²) in [6, 6.07) is 7.65. The molecular weight excluding hydrogens is 328 g/mol. The van der Waals surface area contributed by atoms with Crippen LogP contribution in [0.25, 0.3) is 0 Å². The predicted octanol–water partition coefficient (Wildman–Crippen LogP) is 2.14. The largest absolute Gasteiger partial charge is 0.478 e. The molecular formula is C17H26N2O4S. The molecule has 0 saturated heterocycles. The smallest absolute Gasteiger partial charge is 0.357 e. The zero-order chi connectivity index (χ0) is 18.3. The number of nitrogens with zero attached hydrogens (tertiary/aromatic N) is 1. The van der Waals surface area contributed by atoms with Crippen LogP contribution in [-0.2, 0) is 20.9 Å². The number of aliphatic carboxylic acids is 1. The van der Waals surface area contributed by atoms with Crippen LogP contribution in [0.1, 0.15) is 26.3 Å². The maximum absolute atomic E-state index is 11.9. The molecule has 7 heteroatoms. The topological polar surface area (TPSA) is 78.9 Å². The van der Waals surface area contributed by atoms with E-state index in [9.17, 15) is 14.7 Å². The van der Waals surface area contributed by atoms with Crippen molar-refractivity contribution in [3.63, 3.8) is 0 Å². The van der Waals surface area contributed by atoms with Crippen LogP contribution in [0.5, 0.6) is 0 Å². The van der Waals surface area contributed by atoms with E-state index in [1.54, 1.807) is 6.92 Å². The summed E-state index contributed by atoms with van der Waals surface area (Å²) in [7, 11) is 1.99. The first-order chi connectivity index (χ1) is 11.2. The van der Waals surface area contributed by atoms with E-state index in [4.69, 9.17) is 4.74 Å². The van der Waals surface area contributed by atoms with Gasteiger partial charge in [-0.2, -0.15) is 12.6 Å². The summed E-state index contributed by atoms with van der Waals surface area (Å²) in [5.41, 5.74) is 0.109. The van der Waals surface area contributed by atoms with Gasteiger partial charge in [0.1, 0.15) is 0 Å². The van der Waals surface area contributed by atoms with Crippen LogP contribution in [0, 0.1) is 5.92 Å². The quantitative estimate of drug-likeness (QED) is 0.468. The van der Waals surface area contributed by atoms with E-state index >= 15 is 0 Å². The van der Waals surface area contributed by atoms with Gasteiger partial charge in [-0.25, -0.2) is 4.79 Å². The van der Waals surface area contributed by atoms with Crippen molar-refractivity contribution in [3.05, 3.63) is 29.8 Å². The summed E-state index contributed by atoms with van der Waals surface area (Å²) < 4.78 is 5.50. The Bertz CT molecular complexity index is 564.